The molecule has 0 radical (unpaired) electrons. The minimum atomic E-state index is -1.61. The summed E-state index contributed by atoms with van der Waals surface area (Å²) in [6, 6.07) is 0. The van der Waals surface area contributed by atoms with Crippen LogP contribution in [0.3, 0.4) is 0 Å². The van der Waals surface area contributed by atoms with Crippen LogP contribution < -0.4 is 0 Å². The smallest absolute Gasteiger partial charge is 0.417 e. The highest BCUT2D eigenvalue weighted by molar-refractivity contribution is 6.28. The van der Waals surface area contributed by atoms with Crippen molar-refractivity contribution in [2.45, 2.75) is 25.0 Å². The van der Waals surface area contributed by atoms with E-state index in [0.717, 1.165) is 6.42 Å². The maximum Gasteiger partial charge on any atom is 0.417 e. The van der Waals surface area contributed by atoms with Gasteiger partial charge in [0, 0.05) is 11.8 Å². The van der Waals surface area contributed by atoms with E-state index in [4.69, 9.17) is 14.6 Å². The van der Waals surface area contributed by atoms with Crippen LogP contribution >= 0.6 is 0 Å². The minimum Gasteiger partial charge on any atom is -0.473 e. The van der Waals surface area contributed by atoms with Crippen LogP contribution in [-0.2, 0) is 23.9 Å². The Labute approximate surface area is 90.5 Å². The highest BCUT2D eigenvalue weighted by Crippen LogP contribution is 2.55. The van der Waals surface area contributed by atoms with Crippen LogP contribution in [0, 0.1) is 17.8 Å². The fourth-order valence-electron chi connectivity index (χ4n) is 3.24. The predicted molar refractivity (Wildman–Crippen MR) is 47.1 cm³/mol. The Hall–Kier alpha value is -1.59. The molecule has 0 aromatic heterocycles. The summed E-state index contributed by atoms with van der Waals surface area (Å²) in [5.74, 6) is -2.97. The molecule has 1 heterocycles. The van der Waals surface area contributed by atoms with E-state index in [1.165, 1.54) is 0 Å². The first-order valence-corrected chi connectivity index (χ1v) is 5.22. The second kappa shape index (κ2) is 2.96. The quantitative estimate of drug-likeness (QED) is 0.481. The Morgan fingerprint density at radius 2 is 2.12 bits per heavy atom. The molecule has 1 saturated heterocycles. The topological polar surface area (TPSA) is 89.9 Å². The molecule has 0 spiro atoms. The number of ether oxygens (including phenoxy) is 2. The summed E-state index contributed by atoms with van der Waals surface area (Å²) in [7, 11) is 0. The van der Waals surface area contributed by atoms with Crippen molar-refractivity contribution in [3.05, 3.63) is 0 Å². The van der Waals surface area contributed by atoms with Gasteiger partial charge in [-0.2, -0.15) is 0 Å². The molecule has 1 aliphatic heterocycles. The highest BCUT2D eigenvalue weighted by atomic mass is 16.6. The molecule has 0 aromatic rings. The van der Waals surface area contributed by atoms with E-state index < -0.39 is 24.1 Å². The van der Waals surface area contributed by atoms with E-state index in [2.05, 4.69) is 0 Å². The molecule has 6 heteroatoms. The van der Waals surface area contributed by atoms with Crippen LogP contribution in [0.2, 0.25) is 0 Å². The van der Waals surface area contributed by atoms with Gasteiger partial charge in [-0.15, -0.1) is 0 Å². The molecule has 3 aliphatic rings. The number of carboxylic acid groups (broad SMARTS) is 1. The second-order valence-electron chi connectivity index (χ2n) is 4.58. The minimum absolute atomic E-state index is 0.0604. The van der Waals surface area contributed by atoms with Crippen LogP contribution in [0.15, 0.2) is 0 Å². The average molecular weight is 226 g/mol. The largest absolute Gasteiger partial charge is 0.473 e. The fraction of sp³-hybridized carbons (Fsp3) is 0.700. The normalized spacial score (nSPS) is 43.2. The van der Waals surface area contributed by atoms with E-state index >= 15 is 0 Å². The molecular formula is C10H10O6. The van der Waals surface area contributed by atoms with Gasteiger partial charge in [0.1, 0.15) is 12.2 Å². The summed E-state index contributed by atoms with van der Waals surface area (Å²) >= 11 is 0. The lowest BCUT2D eigenvalue weighted by atomic mass is 9.88. The first kappa shape index (κ1) is 9.62. The molecule has 0 aromatic carbocycles. The van der Waals surface area contributed by atoms with E-state index in [1.54, 1.807) is 0 Å². The van der Waals surface area contributed by atoms with Gasteiger partial charge in [0.05, 0.1) is 5.92 Å². The Morgan fingerprint density at radius 1 is 1.38 bits per heavy atom. The number of aliphatic carboxylic acids is 1. The van der Waals surface area contributed by atoms with Crippen molar-refractivity contribution < 1.29 is 29.0 Å². The maximum atomic E-state index is 11.4. The molecule has 2 saturated carbocycles. The average Bonchev–Trinajstić information content (AvgIpc) is 2.81. The van der Waals surface area contributed by atoms with Gasteiger partial charge in [0.25, 0.3) is 0 Å². The van der Waals surface area contributed by atoms with Crippen molar-refractivity contribution in [1.29, 1.82) is 0 Å². The number of hydrogen-bond donors (Lipinski definition) is 1. The molecule has 16 heavy (non-hydrogen) atoms. The van der Waals surface area contributed by atoms with Gasteiger partial charge in [-0.1, -0.05) is 0 Å². The first-order valence-electron chi connectivity index (χ1n) is 5.22. The Morgan fingerprint density at radius 3 is 2.81 bits per heavy atom. The van der Waals surface area contributed by atoms with Crippen molar-refractivity contribution in [2.24, 2.45) is 17.8 Å². The zero-order chi connectivity index (χ0) is 11.4. The monoisotopic (exact) mass is 226 g/mol. The number of esters is 2. The van der Waals surface area contributed by atoms with Gasteiger partial charge in [0.15, 0.2) is 0 Å². The number of carbonyl (C=O) groups is 3. The number of carboxylic acids is 1. The summed E-state index contributed by atoms with van der Waals surface area (Å²) in [6.45, 7) is 0. The van der Waals surface area contributed by atoms with E-state index in [1.807, 2.05) is 0 Å². The molecule has 3 fully saturated rings. The number of fused-ring (bicyclic) bond motifs is 1. The molecule has 3 rings (SSSR count). The van der Waals surface area contributed by atoms with Crippen LogP contribution in [0.4, 0.5) is 0 Å². The number of hydrogen-bond acceptors (Lipinski definition) is 5. The van der Waals surface area contributed by atoms with Gasteiger partial charge < -0.3 is 14.6 Å². The molecule has 2 bridgehead atoms. The van der Waals surface area contributed by atoms with Gasteiger partial charge >= 0.3 is 17.9 Å². The molecule has 5 unspecified atom stereocenters. The lowest BCUT2D eigenvalue weighted by molar-refractivity contribution is -0.173. The summed E-state index contributed by atoms with van der Waals surface area (Å²) < 4.78 is 9.99. The lowest BCUT2D eigenvalue weighted by Crippen LogP contribution is -2.37. The lowest BCUT2D eigenvalue weighted by Gasteiger charge is -2.24. The summed E-state index contributed by atoms with van der Waals surface area (Å²) in [5, 5.41) is 8.45. The SMILES string of the molecule is O=C(O)C(=O)OC1C2CC3C(=O)OC1C3C2. The summed E-state index contributed by atoms with van der Waals surface area (Å²) in [5.41, 5.74) is 0. The number of carbonyl (C=O) groups excluding carboxylic acids is 2. The zero-order valence-electron chi connectivity index (χ0n) is 8.29. The standard InChI is InChI=1S/C10H10O6/c11-8(12)10(14)15-6-3-1-4-5(2-3)9(13)16-7(4)6/h3-7H,1-2H2,(H,11,12). The predicted octanol–water partition coefficient (Wildman–Crippen LogP) is -0.436. The van der Waals surface area contributed by atoms with Gasteiger partial charge in [-0.05, 0) is 12.8 Å². The van der Waals surface area contributed by atoms with Gasteiger partial charge in [-0.25, -0.2) is 9.59 Å². The summed E-state index contributed by atoms with van der Waals surface area (Å²) in [4.78, 5) is 32.7. The second-order valence-corrected chi connectivity index (χ2v) is 4.58. The van der Waals surface area contributed by atoms with Gasteiger partial charge in [0.2, 0.25) is 0 Å². The summed E-state index contributed by atoms with van der Waals surface area (Å²) in [6.07, 6.45) is 0.465. The maximum absolute atomic E-state index is 11.4. The fourth-order valence-corrected chi connectivity index (χ4v) is 3.24. The van der Waals surface area contributed by atoms with E-state index in [-0.39, 0.29) is 23.7 Å². The van der Waals surface area contributed by atoms with Crippen molar-refractivity contribution in [2.75, 3.05) is 0 Å². The van der Waals surface area contributed by atoms with Crippen molar-refractivity contribution >= 4 is 17.9 Å². The third-order valence-electron chi connectivity index (χ3n) is 3.83. The first-order chi connectivity index (χ1) is 7.58. The van der Waals surface area contributed by atoms with Crippen molar-refractivity contribution in [3.8, 4) is 0 Å². The molecule has 2 aliphatic carbocycles. The highest BCUT2D eigenvalue weighted by Gasteiger charge is 2.63. The molecule has 86 valence electrons. The molecule has 6 nitrogen and oxygen atoms in total. The van der Waals surface area contributed by atoms with Crippen LogP contribution in [0.25, 0.3) is 0 Å². The molecular weight excluding hydrogens is 216 g/mol. The Kier molecular flexibility index (Phi) is 1.78. The van der Waals surface area contributed by atoms with E-state index in [9.17, 15) is 14.4 Å². The molecule has 0 amide bonds. The Bertz CT molecular complexity index is 389. The van der Waals surface area contributed by atoms with Crippen LogP contribution in [0.1, 0.15) is 12.8 Å². The van der Waals surface area contributed by atoms with Crippen molar-refractivity contribution in [1.82, 2.24) is 0 Å². The molecule has 5 atom stereocenters. The third-order valence-corrected chi connectivity index (χ3v) is 3.83. The zero-order valence-corrected chi connectivity index (χ0v) is 8.29. The number of rotatable bonds is 1. The Balaban J connectivity index is 1.77. The van der Waals surface area contributed by atoms with E-state index in [0.29, 0.717) is 6.42 Å². The third kappa shape index (κ3) is 1.10. The van der Waals surface area contributed by atoms with Gasteiger partial charge in [-0.3, -0.25) is 4.79 Å². The van der Waals surface area contributed by atoms with Crippen molar-refractivity contribution in [3.63, 3.8) is 0 Å². The molecule has 1 N–H and O–H groups in total. The van der Waals surface area contributed by atoms with Crippen LogP contribution in [-0.4, -0.2) is 35.2 Å². The van der Waals surface area contributed by atoms with Crippen LogP contribution in [0.5, 0.6) is 0 Å².